The van der Waals surface area contributed by atoms with Crippen LogP contribution in [-0.4, -0.2) is 24.2 Å². The summed E-state index contributed by atoms with van der Waals surface area (Å²) in [6.07, 6.45) is 0.560. The molecule has 0 aliphatic heterocycles. The predicted molar refractivity (Wildman–Crippen MR) is 82.4 cm³/mol. The molecule has 0 saturated heterocycles. The zero-order chi connectivity index (χ0) is 15.8. The Labute approximate surface area is 129 Å². The summed E-state index contributed by atoms with van der Waals surface area (Å²) in [6.45, 7) is 5.62. The maximum absolute atomic E-state index is 11.9. The van der Waals surface area contributed by atoms with Gasteiger partial charge in [0.1, 0.15) is 0 Å². The number of hydrogen-bond donors (Lipinski definition) is 1. The molecular formula is C15H19ClN2O3. The van der Waals surface area contributed by atoms with Crippen molar-refractivity contribution in [3.8, 4) is 0 Å². The third kappa shape index (κ3) is 5.19. The highest BCUT2D eigenvalue weighted by Gasteiger charge is 2.21. The van der Waals surface area contributed by atoms with Crippen molar-refractivity contribution in [3.05, 3.63) is 34.9 Å². The second kappa shape index (κ2) is 8.42. The molecule has 1 atom stereocenters. The normalized spacial score (nSPS) is 12.7. The van der Waals surface area contributed by atoms with Gasteiger partial charge < -0.3 is 4.74 Å². The Hall–Kier alpha value is -1.88. The molecule has 21 heavy (non-hydrogen) atoms. The van der Waals surface area contributed by atoms with Crippen LogP contribution in [0.15, 0.2) is 29.4 Å². The van der Waals surface area contributed by atoms with E-state index >= 15 is 0 Å². The maximum atomic E-state index is 11.9. The van der Waals surface area contributed by atoms with Crippen molar-refractivity contribution < 1.29 is 14.3 Å². The molecule has 0 bridgehead atoms. The van der Waals surface area contributed by atoms with Crippen LogP contribution in [0.25, 0.3) is 0 Å². The number of benzene rings is 1. The molecule has 5 nitrogen and oxygen atoms in total. The first-order chi connectivity index (χ1) is 9.99. The highest BCUT2D eigenvalue weighted by Crippen LogP contribution is 2.10. The van der Waals surface area contributed by atoms with Gasteiger partial charge in [0.25, 0.3) is 5.91 Å². The number of nitrogens with one attached hydrogen (secondary N) is 1. The smallest absolute Gasteiger partial charge is 0.314 e. The average molecular weight is 311 g/mol. The third-order valence-corrected chi connectivity index (χ3v) is 3.18. The molecule has 6 heteroatoms. The molecule has 0 heterocycles. The summed E-state index contributed by atoms with van der Waals surface area (Å²) in [4.78, 5) is 23.6. The first-order valence-electron chi connectivity index (χ1n) is 6.76. The lowest BCUT2D eigenvalue weighted by Gasteiger charge is -2.13. The van der Waals surface area contributed by atoms with Gasteiger partial charge in [0.05, 0.1) is 12.5 Å². The van der Waals surface area contributed by atoms with Gasteiger partial charge in [0.2, 0.25) is 0 Å². The van der Waals surface area contributed by atoms with Crippen molar-refractivity contribution in [2.45, 2.75) is 27.2 Å². The monoisotopic (exact) mass is 310 g/mol. The molecule has 0 radical (unpaired) electrons. The van der Waals surface area contributed by atoms with Gasteiger partial charge in [-0.15, -0.1) is 0 Å². The minimum absolute atomic E-state index is 0.319. The van der Waals surface area contributed by atoms with E-state index in [1.54, 1.807) is 38.1 Å². The van der Waals surface area contributed by atoms with Gasteiger partial charge in [-0.05, 0) is 44.5 Å². The fraction of sp³-hybridized carbons (Fsp3) is 0.400. The van der Waals surface area contributed by atoms with Crippen LogP contribution in [0.3, 0.4) is 0 Å². The fourth-order valence-electron chi connectivity index (χ4n) is 1.76. The van der Waals surface area contributed by atoms with E-state index in [9.17, 15) is 9.59 Å². The van der Waals surface area contributed by atoms with Gasteiger partial charge in [-0.3, -0.25) is 9.59 Å². The summed E-state index contributed by atoms with van der Waals surface area (Å²) in [5.74, 6) is -1.14. The molecule has 1 rings (SSSR count). The van der Waals surface area contributed by atoms with Crippen LogP contribution in [0.5, 0.6) is 0 Å². The van der Waals surface area contributed by atoms with Crippen LogP contribution in [-0.2, 0) is 9.53 Å². The average Bonchev–Trinajstić information content (AvgIpc) is 2.46. The molecule has 1 N–H and O–H groups in total. The van der Waals surface area contributed by atoms with Gasteiger partial charge in [0, 0.05) is 16.3 Å². The lowest BCUT2D eigenvalue weighted by molar-refractivity contribution is -0.145. The molecule has 1 amide bonds. The molecule has 0 aliphatic rings. The fourth-order valence-corrected chi connectivity index (χ4v) is 1.88. The number of amides is 1. The Bertz CT molecular complexity index is 526. The van der Waals surface area contributed by atoms with Gasteiger partial charge in [-0.1, -0.05) is 18.5 Å². The quantitative estimate of drug-likeness (QED) is 0.499. The summed E-state index contributed by atoms with van der Waals surface area (Å²) in [7, 11) is 0. The molecule has 0 saturated carbocycles. The molecular weight excluding hydrogens is 292 g/mol. The highest BCUT2D eigenvalue weighted by molar-refractivity contribution is 6.30. The number of carbonyl (C=O) groups is 2. The number of ether oxygens (including phenoxy) is 1. The number of nitrogens with zero attached hydrogens (tertiary/aromatic N) is 1. The summed E-state index contributed by atoms with van der Waals surface area (Å²) < 4.78 is 4.97. The Morgan fingerprint density at radius 1 is 1.29 bits per heavy atom. The van der Waals surface area contributed by atoms with Gasteiger partial charge >= 0.3 is 5.97 Å². The van der Waals surface area contributed by atoms with Crippen molar-refractivity contribution in [3.63, 3.8) is 0 Å². The van der Waals surface area contributed by atoms with E-state index in [1.165, 1.54) is 0 Å². The van der Waals surface area contributed by atoms with Crippen LogP contribution in [0.1, 0.15) is 37.6 Å². The third-order valence-electron chi connectivity index (χ3n) is 2.92. The minimum Gasteiger partial charge on any atom is -0.465 e. The minimum atomic E-state index is -0.449. The van der Waals surface area contributed by atoms with Crippen molar-refractivity contribution in [2.75, 3.05) is 6.61 Å². The van der Waals surface area contributed by atoms with Crippen molar-refractivity contribution in [2.24, 2.45) is 11.0 Å². The SMILES string of the molecule is CCOC(=O)[C@H](CC)/C(C)=N/NC(=O)c1ccc(Cl)cc1. The number of hydrogen-bond acceptors (Lipinski definition) is 4. The molecule has 1 aromatic carbocycles. The number of halogens is 1. The van der Waals surface area contributed by atoms with Gasteiger partial charge in [-0.25, -0.2) is 5.43 Å². The zero-order valence-electron chi connectivity index (χ0n) is 12.4. The van der Waals surface area contributed by atoms with Gasteiger partial charge in [-0.2, -0.15) is 5.10 Å². The summed E-state index contributed by atoms with van der Waals surface area (Å²) in [5, 5.41) is 4.54. The van der Waals surface area contributed by atoms with E-state index in [4.69, 9.17) is 16.3 Å². The lowest BCUT2D eigenvalue weighted by Crippen LogP contribution is -2.27. The predicted octanol–water partition coefficient (Wildman–Crippen LogP) is 3.04. The van der Waals surface area contributed by atoms with Crippen molar-refractivity contribution in [1.29, 1.82) is 0 Å². The lowest BCUT2D eigenvalue weighted by atomic mass is 10.0. The van der Waals surface area contributed by atoms with E-state index in [0.29, 0.717) is 29.3 Å². The van der Waals surface area contributed by atoms with Crippen LogP contribution in [0.2, 0.25) is 5.02 Å². The summed E-state index contributed by atoms with van der Waals surface area (Å²) in [5.41, 5.74) is 3.38. The van der Waals surface area contributed by atoms with Crippen molar-refractivity contribution >= 4 is 29.2 Å². The second-order valence-corrected chi connectivity index (χ2v) is 4.85. The molecule has 0 aromatic heterocycles. The summed E-state index contributed by atoms with van der Waals surface area (Å²) >= 11 is 5.76. The number of hydrazone groups is 1. The Morgan fingerprint density at radius 3 is 2.43 bits per heavy atom. The first-order valence-corrected chi connectivity index (χ1v) is 7.14. The molecule has 114 valence electrons. The van der Waals surface area contributed by atoms with E-state index < -0.39 is 5.92 Å². The summed E-state index contributed by atoms with van der Waals surface area (Å²) in [6, 6.07) is 6.46. The second-order valence-electron chi connectivity index (χ2n) is 4.41. The first kappa shape index (κ1) is 17.2. The highest BCUT2D eigenvalue weighted by atomic mass is 35.5. The zero-order valence-corrected chi connectivity index (χ0v) is 13.1. The Balaban J connectivity index is 2.71. The molecule has 0 fully saturated rings. The number of esters is 1. The Morgan fingerprint density at radius 2 is 1.90 bits per heavy atom. The van der Waals surface area contributed by atoms with Crippen molar-refractivity contribution in [1.82, 2.24) is 5.43 Å². The molecule has 0 spiro atoms. The van der Waals surface area contributed by atoms with Crippen LogP contribution < -0.4 is 5.43 Å². The van der Waals surface area contributed by atoms with Crippen LogP contribution in [0.4, 0.5) is 0 Å². The molecule has 0 unspecified atom stereocenters. The largest absolute Gasteiger partial charge is 0.465 e. The van der Waals surface area contributed by atoms with Gasteiger partial charge in [0.15, 0.2) is 0 Å². The van der Waals surface area contributed by atoms with E-state index in [0.717, 1.165) is 0 Å². The number of carbonyl (C=O) groups excluding carboxylic acids is 2. The van der Waals surface area contributed by atoms with E-state index in [2.05, 4.69) is 10.5 Å². The van der Waals surface area contributed by atoms with Crippen LogP contribution in [0, 0.1) is 5.92 Å². The Kier molecular flexibility index (Phi) is 6.88. The van der Waals surface area contributed by atoms with E-state index in [1.807, 2.05) is 6.92 Å². The standard InChI is InChI=1S/C15H19ClN2O3/c1-4-13(15(20)21-5-2)10(3)17-18-14(19)11-6-8-12(16)9-7-11/h6-9,13H,4-5H2,1-3H3,(H,18,19)/b17-10+/t13-/m1/s1. The maximum Gasteiger partial charge on any atom is 0.314 e. The topological polar surface area (TPSA) is 67.8 Å². The van der Waals surface area contributed by atoms with E-state index in [-0.39, 0.29) is 11.9 Å². The molecule has 1 aromatic rings. The van der Waals surface area contributed by atoms with Crippen LogP contribution >= 0.6 is 11.6 Å². The molecule has 0 aliphatic carbocycles. The number of rotatable bonds is 6.